The molecule has 0 amide bonds. The van der Waals surface area contributed by atoms with Gasteiger partial charge < -0.3 is 19.6 Å². The smallest absolute Gasteiger partial charge is 0.135 e. The number of ether oxygens (including phenoxy) is 2. The van der Waals surface area contributed by atoms with Crippen LogP contribution >= 0.6 is 0 Å². The van der Waals surface area contributed by atoms with Gasteiger partial charge in [0, 0.05) is 36.7 Å². The molecule has 1 fully saturated rings. The van der Waals surface area contributed by atoms with Crippen molar-refractivity contribution >= 4 is 12.1 Å². The monoisotopic (exact) mass is 310 g/mol. The average Bonchev–Trinajstić information content (AvgIpc) is 3.26. The van der Waals surface area contributed by atoms with Crippen LogP contribution in [-0.2, 0) is 11.2 Å². The average molecular weight is 310 g/mol. The highest BCUT2D eigenvalue weighted by molar-refractivity contribution is 5.57. The number of aromatic nitrogens is 1. The van der Waals surface area contributed by atoms with E-state index in [4.69, 9.17) is 9.47 Å². The molecule has 1 aliphatic carbocycles. The number of rotatable bonds is 6. The first-order chi connectivity index (χ1) is 11.3. The molecule has 0 spiro atoms. The van der Waals surface area contributed by atoms with E-state index < -0.39 is 0 Å². The molecule has 5 nitrogen and oxygen atoms in total. The minimum absolute atomic E-state index is 0.375. The minimum Gasteiger partial charge on any atom is -0.489 e. The number of pyridine rings is 1. The minimum atomic E-state index is 0.375. The molecule has 1 aliphatic heterocycles. The van der Waals surface area contributed by atoms with Crippen LogP contribution in [0.1, 0.15) is 29.9 Å². The molecule has 2 atom stereocenters. The van der Waals surface area contributed by atoms with Crippen LogP contribution in [0.3, 0.4) is 0 Å². The van der Waals surface area contributed by atoms with Gasteiger partial charge in [0.25, 0.3) is 0 Å². The number of nitrogens with zero attached hydrogens (tertiary/aromatic N) is 1. The van der Waals surface area contributed by atoms with Gasteiger partial charge in [-0.2, -0.15) is 0 Å². The lowest BCUT2D eigenvalue weighted by Crippen LogP contribution is -2.02. The van der Waals surface area contributed by atoms with Gasteiger partial charge in [-0.15, -0.1) is 0 Å². The molecule has 23 heavy (non-hydrogen) atoms. The maximum absolute atomic E-state index is 10.7. The summed E-state index contributed by atoms with van der Waals surface area (Å²) in [6.45, 7) is 0. The molecule has 118 valence electrons. The van der Waals surface area contributed by atoms with Crippen LogP contribution in [0.2, 0.25) is 0 Å². The van der Waals surface area contributed by atoms with Crippen molar-refractivity contribution in [1.29, 1.82) is 0 Å². The van der Waals surface area contributed by atoms with Gasteiger partial charge in [0.1, 0.15) is 35.5 Å². The normalized spacial score (nSPS) is 20.2. The summed E-state index contributed by atoms with van der Waals surface area (Å²) >= 11 is 0. The number of anilines is 1. The lowest BCUT2D eigenvalue weighted by Gasteiger charge is -2.14. The molecule has 0 radical (unpaired) electrons. The number of hydrogen-bond acceptors (Lipinski definition) is 5. The molecule has 0 saturated heterocycles. The lowest BCUT2D eigenvalue weighted by atomic mass is 10.1. The van der Waals surface area contributed by atoms with Crippen molar-refractivity contribution in [2.45, 2.75) is 31.3 Å². The van der Waals surface area contributed by atoms with E-state index in [-0.39, 0.29) is 0 Å². The van der Waals surface area contributed by atoms with Crippen LogP contribution in [0.25, 0.3) is 0 Å². The maximum atomic E-state index is 10.7. The van der Waals surface area contributed by atoms with E-state index in [0.29, 0.717) is 24.9 Å². The van der Waals surface area contributed by atoms with Crippen molar-refractivity contribution in [3.8, 4) is 17.2 Å². The first kappa shape index (κ1) is 14.1. The summed E-state index contributed by atoms with van der Waals surface area (Å²) < 4.78 is 11.9. The maximum Gasteiger partial charge on any atom is 0.135 e. The molecule has 4 rings (SSSR count). The number of benzene rings is 1. The van der Waals surface area contributed by atoms with E-state index in [1.54, 1.807) is 6.20 Å². The van der Waals surface area contributed by atoms with Crippen LogP contribution in [0.15, 0.2) is 30.5 Å². The van der Waals surface area contributed by atoms with E-state index in [1.165, 1.54) is 5.56 Å². The van der Waals surface area contributed by atoms with Gasteiger partial charge in [-0.05, 0) is 37.1 Å². The number of fused-ring (bicyclic) bond motifs is 3. The van der Waals surface area contributed by atoms with Crippen LogP contribution in [-0.4, -0.2) is 24.4 Å². The summed E-state index contributed by atoms with van der Waals surface area (Å²) in [6.07, 6.45) is 5.15. The summed E-state index contributed by atoms with van der Waals surface area (Å²) in [5.74, 6) is 3.79. The van der Waals surface area contributed by atoms with Gasteiger partial charge in [-0.3, -0.25) is 0 Å². The quantitative estimate of drug-likeness (QED) is 0.830. The van der Waals surface area contributed by atoms with Crippen LogP contribution in [0.5, 0.6) is 17.2 Å². The first-order valence-electron chi connectivity index (χ1n) is 7.88. The van der Waals surface area contributed by atoms with Crippen molar-refractivity contribution < 1.29 is 14.3 Å². The Bertz CT molecular complexity index is 760. The Kier molecular flexibility index (Phi) is 3.41. The number of carbonyl (C=O) groups excluding carboxylic acids is 1. The van der Waals surface area contributed by atoms with Crippen molar-refractivity contribution in [3.05, 3.63) is 41.6 Å². The van der Waals surface area contributed by atoms with Gasteiger partial charge in [-0.25, -0.2) is 4.98 Å². The van der Waals surface area contributed by atoms with E-state index in [9.17, 15) is 4.79 Å². The summed E-state index contributed by atoms with van der Waals surface area (Å²) in [5, 5.41) is 3.06. The van der Waals surface area contributed by atoms with Crippen molar-refractivity contribution in [2.24, 2.45) is 0 Å². The Morgan fingerprint density at radius 1 is 1.43 bits per heavy atom. The van der Waals surface area contributed by atoms with Crippen LogP contribution in [0, 0.1) is 0 Å². The standard InChI is InChI=1S/C18H18N2O3/c1-19-18-12(3-2-8-21)16(6-7-20-18)22-11-4-5-15-13(9-11)14-10-17(14)23-15/h4-9,14,17H,2-3,10H2,1H3,(H,19,20). The highest BCUT2D eigenvalue weighted by Crippen LogP contribution is 2.54. The molecular formula is C18H18N2O3. The second-order valence-corrected chi connectivity index (χ2v) is 5.89. The second-order valence-electron chi connectivity index (χ2n) is 5.89. The predicted octanol–water partition coefficient (Wildman–Crippen LogP) is 3.30. The fourth-order valence-electron chi connectivity index (χ4n) is 3.14. The second kappa shape index (κ2) is 5.57. The fraction of sp³-hybridized carbons (Fsp3) is 0.333. The van der Waals surface area contributed by atoms with Gasteiger partial charge in [0.2, 0.25) is 0 Å². The molecule has 2 unspecified atom stereocenters. The zero-order chi connectivity index (χ0) is 15.8. The third-order valence-corrected chi connectivity index (χ3v) is 4.38. The van der Waals surface area contributed by atoms with E-state index in [0.717, 1.165) is 41.3 Å². The SMILES string of the molecule is CNc1nccc(Oc2ccc3c(c2)C2CC2O3)c1CCC=O. The topological polar surface area (TPSA) is 60.5 Å². The molecule has 2 aromatic rings. The Balaban J connectivity index is 1.63. The molecular weight excluding hydrogens is 292 g/mol. The van der Waals surface area contributed by atoms with E-state index >= 15 is 0 Å². The Morgan fingerprint density at radius 3 is 3.17 bits per heavy atom. The van der Waals surface area contributed by atoms with Crippen molar-refractivity contribution in [1.82, 2.24) is 4.98 Å². The summed E-state index contributed by atoms with van der Waals surface area (Å²) in [6, 6.07) is 7.80. The van der Waals surface area contributed by atoms with E-state index in [2.05, 4.69) is 16.4 Å². The lowest BCUT2D eigenvalue weighted by molar-refractivity contribution is -0.107. The molecule has 1 N–H and O–H groups in total. The molecule has 5 heteroatoms. The van der Waals surface area contributed by atoms with Crippen molar-refractivity contribution in [3.63, 3.8) is 0 Å². The Labute approximate surface area is 134 Å². The summed E-state index contributed by atoms with van der Waals surface area (Å²) in [5.41, 5.74) is 2.16. The number of carbonyl (C=O) groups is 1. The zero-order valence-electron chi connectivity index (χ0n) is 12.9. The molecule has 2 aliphatic rings. The number of hydrogen-bond donors (Lipinski definition) is 1. The summed E-state index contributed by atoms with van der Waals surface area (Å²) in [7, 11) is 1.82. The highest BCUT2D eigenvalue weighted by atomic mass is 16.5. The van der Waals surface area contributed by atoms with Gasteiger partial charge in [0.05, 0.1) is 0 Å². The Hall–Kier alpha value is -2.56. The molecule has 1 aromatic heterocycles. The predicted molar refractivity (Wildman–Crippen MR) is 86.5 cm³/mol. The van der Waals surface area contributed by atoms with Gasteiger partial charge >= 0.3 is 0 Å². The zero-order valence-corrected chi connectivity index (χ0v) is 12.9. The number of aldehydes is 1. The fourth-order valence-corrected chi connectivity index (χ4v) is 3.14. The molecule has 1 saturated carbocycles. The van der Waals surface area contributed by atoms with Crippen LogP contribution in [0.4, 0.5) is 5.82 Å². The summed E-state index contributed by atoms with van der Waals surface area (Å²) in [4.78, 5) is 15.0. The Morgan fingerprint density at radius 2 is 2.35 bits per heavy atom. The largest absolute Gasteiger partial charge is 0.489 e. The van der Waals surface area contributed by atoms with Crippen molar-refractivity contribution in [2.75, 3.05) is 12.4 Å². The van der Waals surface area contributed by atoms with Crippen LogP contribution < -0.4 is 14.8 Å². The molecule has 1 aromatic carbocycles. The first-order valence-corrected chi connectivity index (χ1v) is 7.88. The third kappa shape index (κ3) is 2.52. The third-order valence-electron chi connectivity index (χ3n) is 4.38. The number of nitrogens with one attached hydrogen (secondary N) is 1. The molecule has 2 heterocycles. The molecule has 0 bridgehead atoms. The highest BCUT2D eigenvalue weighted by Gasteiger charge is 2.48. The van der Waals surface area contributed by atoms with E-state index in [1.807, 2.05) is 25.2 Å². The van der Waals surface area contributed by atoms with Gasteiger partial charge in [0.15, 0.2) is 0 Å². The van der Waals surface area contributed by atoms with Gasteiger partial charge in [-0.1, -0.05) is 0 Å².